The fourth-order valence-electron chi connectivity index (χ4n) is 1.94. The average molecular weight is 306 g/mol. The second-order valence-electron chi connectivity index (χ2n) is 4.75. The van der Waals surface area contributed by atoms with E-state index in [9.17, 15) is 9.35 Å². The predicted octanol–water partition coefficient (Wildman–Crippen LogP) is 2.13. The third-order valence-electron chi connectivity index (χ3n) is 3.09. The van der Waals surface area contributed by atoms with Gasteiger partial charge in [0, 0.05) is 19.7 Å². The second kappa shape index (κ2) is 6.19. The zero-order valence-corrected chi connectivity index (χ0v) is 13.2. The standard InChI is InChI=1S/C14H18N4O2S/c1-9-14(10(2)18(4)16-9)17-21(20)13-7-5-12(6-8-13)15-11(3)19/h5-8,17H,1-4H3,(H,15,19). The second-order valence-corrected chi connectivity index (χ2v) is 5.96. The number of rotatable bonds is 4. The molecule has 1 heterocycles. The van der Waals surface area contributed by atoms with E-state index >= 15 is 0 Å². The quantitative estimate of drug-likeness (QED) is 0.848. The van der Waals surface area contributed by atoms with Gasteiger partial charge in [-0.05, 0) is 38.1 Å². The van der Waals surface area contributed by atoms with Gasteiger partial charge in [0.05, 0.1) is 11.4 Å². The monoisotopic (exact) mass is 306 g/mol. The van der Waals surface area contributed by atoms with E-state index < -0.39 is 11.4 Å². The van der Waals surface area contributed by atoms with Gasteiger partial charge in [-0.15, -0.1) is 0 Å². The molecule has 1 aromatic heterocycles. The lowest BCUT2D eigenvalue weighted by molar-refractivity contribution is -0.114. The van der Waals surface area contributed by atoms with Crippen LogP contribution in [-0.4, -0.2) is 20.2 Å². The van der Waals surface area contributed by atoms with Gasteiger partial charge < -0.3 is 9.87 Å². The van der Waals surface area contributed by atoms with Crippen LogP contribution in [0.1, 0.15) is 18.3 Å². The number of aromatic nitrogens is 2. The van der Waals surface area contributed by atoms with Gasteiger partial charge in [-0.25, -0.2) is 0 Å². The topological polar surface area (TPSA) is 82.0 Å². The molecule has 112 valence electrons. The van der Waals surface area contributed by atoms with Crippen molar-refractivity contribution in [1.82, 2.24) is 9.78 Å². The Balaban J connectivity index is 2.13. The van der Waals surface area contributed by atoms with E-state index in [2.05, 4.69) is 15.1 Å². The number of hydrogen-bond acceptors (Lipinski definition) is 4. The Morgan fingerprint density at radius 1 is 1.29 bits per heavy atom. The van der Waals surface area contributed by atoms with Crippen LogP contribution in [0.2, 0.25) is 0 Å². The van der Waals surface area contributed by atoms with Gasteiger partial charge in [0.25, 0.3) is 0 Å². The summed E-state index contributed by atoms with van der Waals surface area (Å²) in [6.07, 6.45) is 0. The number of carbonyl (C=O) groups excluding carboxylic acids is 1. The maximum Gasteiger partial charge on any atom is 0.221 e. The van der Waals surface area contributed by atoms with Crippen LogP contribution in [0.25, 0.3) is 0 Å². The van der Waals surface area contributed by atoms with Crippen molar-refractivity contribution in [2.75, 3.05) is 10.0 Å². The molecule has 7 heteroatoms. The minimum atomic E-state index is -1.38. The summed E-state index contributed by atoms with van der Waals surface area (Å²) < 4.78 is 17.1. The Morgan fingerprint density at radius 3 is 2.38 bits per heavy atom. The molecule has 0 saturated carbocycles. The van der Waals surface area contributed by atoms with E-state index in [0.717, 1.165) is 17.1 Å². The predicted molar refractivity (Wildman–Crippen MR) is 83.5 cm³/mol. The van der Waals surface area contributed by atoms with Gasteiger partial charge in [0.2, 0.25) is 5.91 Å². The van der Waals surface area contributed by atoms with Crippen molar-refractivity contribution in [1.29, 1.82) is 0 Å². The van der Waals surface area contributed by atoms with Crippen LogP contribution in [0, 0.1) is 13.8 Å². The molecule has 1 amide bonds. The molecule has 0 spiro atoms. The molecule has 0 saturated heterocycles. The average Bonchev–Trinajstić information content (AvgIpc) is 2.65. The van der Waals surface area contributed by atoms with Crippen molar-refractivity contribution in [2.24, 2.45) is 7.05 Å². The molecule has 2 N–H and O–H groups in total. The number of nitrogens with zero attached hydrogens (tertiary/aromatic N) is 2. The summed E-state index contributed by atoms with van der Waals surface area (Å²) in [7, 11) is 1.85. The molecule has 0 bridgehead atoms. The van der Waals surface area contributed by atoms with Gasteiger partial charge in [0.1, 0.15) is 17.0 Å². The van der Waals surface area contributed by atoms with E-state index in [1.807, 2.05) is 20.9 Å². The van der Waals surface area contributed by atoms with Gasteiger partial charge >= 0.3 is 0 Å². The first-order chi connectivity index (χ1) is 9.88. The molecule has 1 atom stereocenters. The van der Waals surface area contributed by atoms with Crippen LogP contribution in [0.5, 0.6) is 0 Å². The lowest BCUT2D eigenvalue weighted by Crippen LogP contribution is -2.14. The number of aryl methyl sites for hydroxylation is 2. The molecular formula is C14H18N4O2S. The highest BCUT2D eigenvalue weighted by Gasteiger charge is 2.17. The van der Waals surface area contributed by atoms with Crippen molar-refractivity contribution in [3.63, 3.8) is 0 Å². The molecule has 1 unspecified atom stereocenters. The highest BCUT2D eigenvalue weighted by molar-refractivity contribution is 7.92. The number of benzene rings is 1. The molecule has 21 heavy (non-hydrogen) atoms. The fourth-order valence-corrected chi connectivity index (χ4v) is 2.92. The van der Waals surface area contributed by atoms with Crippen LogP contribution in [0.3, 0.4) is 0 Å². The zero-order valence-electron chi connectivity index (χ0n) is 12.4. The van der Waals surface area contributed by atoms with Crippen molar-refractivity contribution in [2.45, 2.75) is 25.7 Å². The minimum Gasteiger partial charge on any atom is -0.588 e. The number of amides is 1. The summed E-state index contributed by atoms with van der Waals surface area (Å²) in [6.45, 7) is 5.23. The van der Waals surface area contributed by atoms with E-state index in [-0.39, 0.29) is 5.91 Å². The van der Waals surface area contributed by atoms with Crippen molar-refractivity contribution in [3.8, 4) is 0 Å². The molecule has 2 rings (SSSR count). The molecule has 0 aliphatic heterocycles. The first-order valence-corrected chi connectivity index (χ1v) is 7.59. The summed E-state index contributed by atoms with van der Waals surface area (Å²) in [6, 6.07) is 6.88. The molecule has 2 aromatic rings. The molecule has 0 radical (unpaired) electrons. The Bertz CT molecular complexity index is 652. The third kappa shape index (κ3) is 3.56. The molecular weight excluding hydrogens is 288 g/mol. The van der Waals surface area contributed by atoms with Crippen LogP contribution in [0.15, 0.2) is 29.2 Å². The molecule has 6 nitrogen and oxygen atoms in total. The number of carbonyl (C=O) groups is 1. The Hall–Kier alpha value is -1.99. The minimum absolute atomic E-state index is 0.136. The summed E-state index contributed by atoms with van der Waals surface area (Å²) in [4.78, 5) is 11.6. The van der Waals surface area contributed by atoms with Gasteiger partial charge in [0.15, 0.2) is 4.90 Å². The summed E-state index contributed by atoms with van der Waals surface area (Å²) in [5, 5.41) is 6.95. The Labute approximate surface area is 126 Å². The van der Waals surface area contributed by atoms with Gasteiger partial charge in [-0.1, -0.05) is 0 Å². The van der Waals surface area contributed by atoms with E-state index in [0.29, 0.717) is 10.6 Å². The number of hydrogen-bond donors (Lipinski definition) is 2. The van der Waals surface area contributed by atoms with Crippen LogP contribution < -0.4 is 10.0 Å². The maximum absolute atomic E-state index is 12.3. The van der Waals surface area contributed by atoms with E-state index in [1.165, 1.54) is 6.92 Å². The van der Waals surface area contributed by atoms with Crippen LogP contribution in [-0.2, 0) is 23.2 Å². The molecule has 1 aromatic carbocycles. The lowest BCUT2D eigenvalue weighted by Gasteiger charge is -2.12. The number of nitrogens with one attached hydrogen (secondary N) is 2. The van der Waals surface area contributed by atoms with Crippen molar-refractivity contribution >= 4 is 28.6 Å². The van der Waals surface area contributed by atoms with Crippen molar-refractivity contribution < 1.29 is 9.35 Å². The smallest absolute Gasteiger partial charge is 0.221 e. The fraction of sp³-hybridized carbons (Fsp3) is 0.286. The van der Waals surface area contributed by atoms with Gasteiger partial charge in [-0.3, -0.25) is 9.48 Å². The van der Waals surface area contributed by atoms with Gasteiger partial charge in [-0.2, -0.15) is 9.82 Å². The zero-order chi connectivity index (χ0) is 15.6. The number of anilines is 2. The van der Waals surface area contributed by atoms with E-state index in [1.54, 1.807) is 28.9 Å². The van der Waals surface area contributed by atoms with Crippen LogP contribution in [0.4, 0.5) is 11.4 Å². The third-order valence-corrected chi connectivity index (χ3v) is 4.18. The Morgan fingerprint density at radius 2 is 1.90 bits per heavy atom. The van der Waals surface area contributed by atoms with Crippen LogP contribution >= 0.6 is 0 Å². The van der Waals surface area contributed by atoms with E-state index in [4.69, 9.17) is 0 Å². The molecule has 0 aliphatic carbocycles. The maximum atomic E-state index is 12.3. The summed E-state index contributed by atoms with van der Waals surface area (Å²) in [5.74, 6) is -0.136. The SMILES string of the molecule is CC(=O)Nc1ccc([S+]([O-])Nc2c(C)nn(C)c2C)cc1. The first-order valence-electron chi connectivity index (χ1n) is 6.44. The highest BCUT2D eigenvalue weighted by Crippen LogP contribution is 2.23. The first kappa shape index (κ1) is 15.4. The molecule has 0 aliphatic rings. The summed E-state index contributed by atoms with van der Waals surface area (Å²) in [5.41, 5.74) is 3.19. The summed E-state index contributed by atoms with van der Waals surface area (Å²) >= 11 is -1.38. The van der Waals surface area contributed by atoms with Crippen molar-refractivity contribution in [3.05, 3.63) is 35.7 Å². The Kier molecular flexibility index (Phi) is 4.54. The normalized spacial score (nSPS) is 12.0. The molecule has 0 fully saturated rings. The largest absolute Gasteiger partial charge is 0.588 e. The lowest BCUT2D eigenvalue weighted by atomic mass is 10.3. The highest BCUT2D eigenvalue weighted by atomic mass is 32.2.